The molecular weight excluding hydrogens is 214 g/mol. The molecule has 0 spiro atoms. The van der Waals surface area contributed by atoms with E-state index in [4.69, 9.17) is 9.47 Å². The Morgan fingerprint density at radius 2 is 1.82 bits per heavy atom. The second-order valence-corrected chi connectivity index (χ2v) is 6.17. The molecule has 0 bridgehead atoms. The first kappa shape index (κ1) is 13.3. The minimum absolute atomic E-state index is 0.0556. The largest absolute Gasteiger partial charge is 0.353 e. The fourth-order valence-electron chi connectivity index (χ4n) is 2.69. The van der Waals surface area contributed by atoms with Gasteiger partial charge in [-0.05, 0) is 44.2 Å². The maximum atomic E-state index is 5.59. The van der Waals surface area contributed by atoms with E-state index < -0.39 is 0 Å². The van der Waals surface area contributed by atoms with Gasteiger partial charge in [0.1, 0.15) is 0 Å². The predicted octanol–water partition coefficient (Wildman–Crippen LogP) is 2.65. The van der Waals surface area contributed by atoms with Crippen LogP contribution >= 0.6 is 0 Å². The van der Waals surface area contributed by atoms with E-state index in [1.165, 1.54) is 32.4 Å². The van der Waals surface area contributed by atoms with Gasteiger partial charge in [0.05, 0.1) is 13.2 Å². The monoisotopic (exact) mass is 241 g/mol. The SMILES string of the molecule is CC1(C)CCCN(CCC2OCCCO2)CC1. The Labute approximate surface area is 105 Å². The molecule has 0 aromatic heterocycles. The van der Waals surface area contributed by atoms with Crippen molar-refractivity contribution in [3.8, 4) is 0 Å². The second-order valence-electron chi connectivity index (χ2n) is 6.17. The summed E-state index contributed by atoms with van der Waals surface area (Å²) in [6.07, 6.45) is 6.15. The highest BCUT2D eigenvalue weighted by molar-refractivity contribution is 4.76. The summed E-state index contributed by atoms with van der Waals surface area (Å²) < 4.78 is 11.2. The molecule has 2 fully saturated rings. The van der Waals surface area contributed by atoms with Gasteiger partial charge in [-0.15, -0.1) is 0 Å². The zero-order valence-corrected chi connectivity index (χ0v) is 11.4. The third-order valence-electron chi connectivity index (χ3n) is 4.01. The number of rotatable bonds is 3. The molecule has 0 saturated carbocycles. The summed E-state index contributed by atoms with van der Waals surface area (Å²) in [5, 5.41) is 0. The van der Waals surface area contributed by atoms with Crippen LogP contribution in [0.3, 0.4) is 0 Å². The van der Waals surface area contributed by atoms with Crippen molar-refractivity contribution in [1.29, 1.82) is 0 Å². The van der Waals surface area contributed by atoms with Gasteiger partial charge in [0.15, 0.2) is 6.29 Å². The van der Waals surface area contributed by atoms with Crippen LogP contribution in [0.5, 0.6) is 0 Å². The van der Waals surface area contributed by atoms with Crippen LogP contribution in [0.4, 0.5) is 0 Å². The Morgan fingerprint density at radius 3 is 2.59 bits per heavy atom. The summed E-state index contributed by atoms with van der Waals surface area (Å²) in [6, 6.07) is 0. The molecule has 100 valence electrons. The molecular formula is C14H27NO2. The van der Waals surface area contributed by atoms with E-state index in [1.54, 1.807) is 0 Å². The van der Waals surface area contributed by atoms with Crippen LogP contribution in [0.25, 0.3) is 0 Å². The van der Waals surface area contributed by atoms with Gasteiger partial charge < -0.3 is 14.4 Å². The summed E-state index contributed by atoms with van der Waals surface area (Å²) in [5.74, 6) is 0. The van der Waals surface area contributed by atoms with E-state index in [-0.39, 0.29) is 6.29 Å². The van der Waals surface area contributed by atoms with E-state index >= 15 is 0 Å². The molecule has 0 aromatic carbocycles. The summed E-state index contributed by atoms with van der Waals surface area (Å²) in [7, 11) is 0. The van der Waals surface area contributed by atoms with E-state index in [0.29, 0.717) is 5.41 Å². The standard InChI is InChI=1S/C14H27NO2/c1-14(2)6-3-8-15(10-7-14)9-5-13-16-11-4-12-17-13/h13H,3-12H2,1-2H3. The molecule has 2 saturated heterocycles. The molecule has 2 aliphatic rings. The van der Waals surface area contributed by atoms with Crippen molar-refractivity contribution in [2.24, 2.45) is 5.41 Å². The highest BCUT2D eigenvalue weighted by Gasteiger charge is 2.23. The number of hydrogen-bond acceptors (Lipinski definition) is 3. The van der Waals surface area contributed by atoms with Gasteiger partial charge in [-0.3, -0.25) is 0 Å². The van der Waals surface area contributed by atoms with Crippen LogP contribution in [-0.2, 0) is 9.47 Å². The van der Waals surface area contributed by atoms with Crippen LogP contribution in [0.1, 0.15) is 46.0 Å². The van der Waals surface area contributed by atoms with Gasteiger partial charge in [-0.1, -0.05) is 13.8 Å². The first-order valence-corrected chi connectivity index (χ1v) is 7.11. The topological polar surface area (TPSA) is 21.7 Å². The Balaban J connectivity index is 1.68. The molecule has 0 amide bonds. The third kappa shape index (κ3) is 4.57. The molecule has 0 aliphatic carbocycles. The lowest BCUT2D eigenvalue weighted by Gasteiger charge is -2.27. The average molecular weight is 241 g/mol. The highest BCUT2D eigenvalue weighted by atomic mass is 16.7. The fourth-order valence-corrected chi connectivity index (χ4v) is 2.69. The van der Waals surface area contributed by atoms with Gasteiger partial charge in [-0.2, -0.15) is 0 Å². The van der Waals surface area contributed by atoms with Crippen molar-refractivity contribution < 1.29 is 9.47 Å². The van der Waals surface area contributed by atoms with Gasteiger partial charge >= 0.3 is 0 Å². The van der Waals surface area contributed by atoms with Crippen molar-refractivity contribution in [1.82, 2.24) is 4.90 Å². The maximum absolute atomic E-state index is 5.59. The number of ether oxygens (including phenoxy) is 2. The van der Waals surface area contributed by atoms with Crippen LogP contribution in [0, 0.1) is 5.41 Å². The molecule has 2 rings (SSSR count). The molecule has 17 heavy (non-hydrogen) atoms. The predicted molar refractivity (Wildman–Crippen MR) is 69.0 cm³/mol. The third-order valence-corrected chi connectivity index (χ3v) is 4.01. The van der Waals surface area contributed by atoms with Crippen LogP contribution in [-0.4, -0.2) is 44.0 Å². The van der Waals surface area contributed by atoms with Crippen molar-refractivity contribution in [3.63, 3.8) is 0 Å². The average Bonchev–Trinajstić information content (AvgIpc) is 2.49. The molecule has 2 heterocycles. The molecule has 0 N–H and O–H groups in total. The Kier molecular flexibility index (Phi) is 4.83. The molecule has 0 radical (unpaired) electrons. The van der Waals surface area contributed by atoms with E-state index in [9.17, 15) is 0 Å². The number of nitrogens with zero attached hydrogens (tertiary/aromatic N) is 1. The van der Waals surface area contributed by atoms with Crippen molar-refractivity contribution >= 4 is 0 Å². The lowest BCUT2D eigenvalue weighted by molar-refractivity contribution is -0.182. The molecule has 3 nitrogen and oxygen atoms in total. The maximum Gasteiger partial charge on any atom is 0.158 e. The van der Waals surface area contributed by atoms with Crippen LogP contribution in [0.2, 0.25) is 0 Å². The van der Waals surface area contributed by atoms with Gasteiger partial charge in [0.25, 0.3) is 0 Å². The minimum Gasteiger partial charge on any atom is -0.353 e. The fraction of sp³-hybridized carbons (Fsp3) is 1.00. The second kappa shape index (κ2) is 6.17. The first-order chi connectivity index (χ1) is 8.16. The summed E-state index contributed by atoms with van der Waals surface area (Å²) in [5.41, 5.74) is 0.534. The van der Waals surface area contributed by atoms with Crippen molar-refractivity contribution in [2.45, 2.75) is 52.2 Å². The zero-order valence-electron chi connectivity index (χ0n) is 11.4. The zero-order chi connectivity index (χ0) is 12.1. The van der Waals surface area contributed by atoms with Crippen LogP contribution in [0.15, 0.2) is 0 Å². The number of hydrogen-bond donors (Lipinski definition) is 0. The molecule has 3 heteroatoms. The Hall–Kier alpha value is -0.120. The van der Waals surface area contributed by atoms with Gasteiger partial charge in [-0.25, -0.2) is 0 Å². The molecule has 0 aromatic rings. The van der Waals surface area contributed by atoms with Crippen molar-refractivity contribution in [2.75, 3.05) is 32.8 Å². The molecule has 0 atom stereocenters. The van der Waals surface area contributed by atoms with Gasteiger partial charge in [0.2, 0.25) is 0 Å². The summed E-state index contributed by atoms with van der Waals surface area (Å²) in [6.45, 7) is 10.1. The Bertz CT molecular complexity index is 224. The lowest BCUT2D eigenvalue weighted by Crippen LogP contribution is -2.32. The van der Waals surface area contributed by atoms with Gasteiger partial charge in [0, 0.05) is 13.0 Å². The minimum atomic E-state index is 0.0556. The van der Waals surface area contributed by atoms with Crippen LogP contribution < -0.4 is 0 Å². The van der Waals surface area contributed by atoms with E-state index in [0.717, 1.165) is 32.6 Å². The molecule has 0 unspecified atom stereocenters. The molecule has 2 aliphatic heterocycles. The highest BCUT2D eigenvalue weighted by Crippen LogP contribution is 2.29. The van der Waals surface area contributed by atoms with E-state index in [2.05, 4.69) is 18.7 Å². The Morgan fingerprint density at radius 1 is 1.06 bits per heavy atom. The summed E-state index contributed by atoms with van der Waals surface area (Å²) >= 11 is 0. The summed E-state index contributed by atoms with van der Waals surface area (Å²) in [4.78, 5) is 2.58. The van der Waals surface area contributed by atoms with E-state index in [1.807, 2.05) is 0 Å². The first-order valence-electron chi connectivity index (χ1n) is 7.11. The van der Waals surface area contributed by atoms with Crippen molar-refractivity contribution in [3.05, 3.63) is 0 Å². The normalized spacial score (nSPS) is 27.9. The quantitative estimate of drug-likeness (QED) is 0.758. The smallest absolute Gasteiger partial charge is 0.158 e. The lowest BCUT2D eigenvalue weighted by atomic mass is 9.85. The number of likely N-dealkylation sites (tertiary alicyclic amines) is 1.